The minimum atomic E-state index is -0.0960. The average molecular weight is 171 g/mol. The molecule has 1 aliphatic heterocycles. The molecular formula is C8H17N3O. The van der Waals surface area contributed by atoms with Crippen LogP contribution in [0.4, 0.5) is 0 Å². The first-order chi connectivity index (χ1) is 5.58. The van der Waals surface area contributed by atoms with E-state index in [4.69, 9.17) is 10.9 Å². The van der Waals surface area contributed by atoms with Gasteiger partial charge in [-0.2, -0.15) is 0 Å². The number of hydrogen-bond acceptors (Lipinski definition) is 3. The van der Waals surface area contributed by atoms with Gasteiger partial charge >= 0.3 is 0 Å². The molecule has 1 aliphatic rings. The third-order valence-electron chi connectivity index (χ3n) is 2.82. The Morgan fingerprint density at radius 1 is 1.50 bits per heavy atom. The summed E-state index contributed by atoms with van der Waals surface area (Å²) in [4.78, 5) is 2.26. The predicted octanol–water partition coefficient (Wildman–Crippen LogP) is 0.465. The molecule has 1 saturated heterocycles. The third kappa shape index (κ3) is 1.69. The minimum Gasteiger partial charge on any atom is -0.409 e. The van der Waals surface area contributed by atoms with E-state index in [0.29, 0.717) is 5.84 Å². The molecule has 70 valence electrons. The van der Waals surface area contributed by atoms with Gasteiger partial charge in [-0.15, -0.1) is 0 Å². The van der Waals surface area contributed by atoms with Crippen molar-refractivity contribution < 1.29 is 5.21 Å². The summed E-state index contributed by atoms with van der Waals surface area (Å²) in [6.45, 7) is 4.09. The number of rotatable bonds is 1. The molecule has 0 aromatic carbocycles. The van der Waals surface area contributed by atoms with Crippen molar-refractivity contribution in [3.63, 3.8) is 0 Å². The molecular weight excluding hydrogens is 154 g/mol. The molecule has 0 unspecified atom stereocenters. The molecule has 0 aromatic rings. The van der Waals surface area contributed by atoms with Crippen LogP contribution in [0.15, 0.2) is 5.16 Å². The zero-order chi connectivity index (χ0) is 9.19. The van der Waals surface area contributed by atoms with E-state index in [2.05, 4.69) is 24.0 Å². The van der Waals surface area contributed by atoms with Gasteiger partial charge in [0.15, 0.2) is 0 Å². The molecule has 12 heavy (non-hydrogen) atoms. The second-order valence-electron chi connectivity index (χ2n) is 3.85. The molecule has 1 heterocycles. The van der Waals surface area contributed by atoms with Crippen LogP contribution in [0.25, 0.3) is 0 Å². The Morgan fingerprint density at radius 2 is 2.00 bits per heavy atom. The van der Waals surface area contributed by atoms with Crippen LogP contribution in [0, 0.1) is 5.41 Å². The van der Waals surface area contributed by atoms with Crippen molar-refractivity contribution in [1.29, 1.82) is 0 Å². The van der Waals surface area contributed by atoms with E-state index in [1.807, 2.05) is 0 Å². The zero-order valence-electron chi connectivity index (χ0n) is 7.75. The van der Waals surface area contributed by atoms with Crippen LogP contribution in [0.1, 0.15) is 19.8 Å². The van der Waals surface area contributed by atoms with Gasteiger partial charge in [0.25, 0.3) is 0 Å². The summed E-state index contributed by atoms with van der Waals surface area (Å²) >= 11 is 0. The molecule has 0 bridgehead atoms. The van der Waals surface area contributed by atoms with Crippen molar-refractivity contribution in [2.24, 2.45) is 16.3 Å². The number of piperidine rings is 1. The van der Waals surface area contributed by atoms with Gasteiger partial charge in [0, 0.05) is 5.41 Å². The molecule has 0 saturated carbocycles. The Labute approximate surface area is 73.0 Å². The van der Waals surface area contributed by atoms with Crippen LogP contribution in [-0.4, -0.2) is 36.1 Å². The van der Waals surface area contributed by atoms with Gasteiger partial charge in [0.1, 0.15) is 5.84 Å². The lowest BCUT2D eigenvalue weighted by molar-refractivity contribution is 0.187. The monoisotopic (exact) mass is 171 g/mol. The fourth-order valence-corrected chi connectivity index (χ4v) is 1.49. The third-order valence-corrected chi connectivity index (χ3v) is 2.82. The Hall–Kier alpha value is -0.770. The van der Waals surface area contributed by atoms with Gasteiger partial charge in [-0.25, -0.2) is 0 Å². The van der Waals surface area contributed by atoms with E-state index >= 15 is 0 Å². The quantitative estimate of drug-likeness (QED) is 0.261. The second kappa shape index (κ2) is 3.31. The number of hydrogen-bond donors (Lipinski definition) is 2. The van der Waals surface area contributed by atoms with Crippen LogP contribution >= 0.6 is 0 Å². The molecule has 0 aliphatic carbocycles. The van der Waals surface area contributed by atoms with Gasteiger partial charge in [-0.3, -0.25) is 0 Å². The van der Waals surface area contributed by atoms with Crippen molar-refractivity contribution in [2.45, 2.75) is 19.8 Å². The first-order valence-corrected chi connectivity index (χ1v) is 4.25. The van der Waals surface area contributed by atoms with Crippen LogP contribution in [0.5, 0.6) is 0 Å². The highest BCUT2D eigenvalue weighted by Gasteiger charge is 2.32. The lowest BCUT2D eigenvalue weighted by Gasteiger charge is -2.36. The normalized spacial score (nSPS) is 25.7. The first kappa shape index (κ1) is 9.32. The molecule has 3 N–H and O–H groups in total. The van der Waals surface area contributed by atoms with Crippen molar-refractivity contribution in [1.82, 2.24) is 4.90 Å². The maximum absolute atomic E-state index is 8.57. The Bertz CT molecular complexity index is 183. The maximum Gasteiger partial charge on any atom is 0.145 e. The Balaban J connectivity index is 2.62. The van der Waals surface area contributed by atoms with Crippen molar-refractivity contribution in [3.05, 3.63) is 0 Å². The molecule has 0 atom stereocenters. The smallest absolute Gasteiger partial charge is 0.145 e. The van der Waals surface area contributed by atoms with Gasteiger partial charge < -0.3 is 15.8 Å². The van der Waals surface area contributed by atoms with Crippen molar-refractivity contribution in [3.8, 4) is 0 Å². The zero-order valence-corrected chi connectivity index (χ0v) is 7.75. The van der Waals surface area contributed by atoms with E-state index in [-0.39, 0.29) is 5.41 Å². The Morgan fingerprint density at radius 3 is 2.42 bits per heavy atom. The average Bonchev–Trinajstić information content (AvgIpc) is 2.09. The molecule has 0 spiro atoms. The number of nitrogens with two attached hydrogens (primary N) is 1. The van der Waals surface area contributed by atoms with E-state index < -0.39 is 0 Å². The molecule has 0 amide bonds. The van der Waals surface area contributed by atoms with Crippen LogP contribution in [0.2, 0.25) is 0 Å². The molecule has 4 nitrogen and oxygen atoms in total. The Kier molecular flexibility index (Phi) is 2.57. The predicted molar refractivity (Wildman–Crippen MR) is 48.2 cm³/mol. The largest absolute Gasteiger partial charge is 0.409 e. The summed E-state index contributed by atoms with van der Waals surface area (Å²) in [5.41, 5.74) is 5.51. The maximum atomic E-state index is 8.57. The molecule has 1 fully saturated rings. The van der Waals surface area contributed by atoms with Crippen LogP contribution in [-0.2, 0) is 0 Å². The second-order valence-corrected chi connectivity index (χ2v) is 3.85. The molecule has 0 radical (unpaired) electrons. The van der Waals surface area contributed by atoms with Crippen LogP contribution < -0.4 is 5.73 Å². The van der Waals surface area contributed by atoms with E-state index in [0.717, 1.165) is 25.9 Å². The van der Waals surface area contributed by atoms with E-state index in [1.165, 1.54) is 0 Å². The summed E-state index contributed by atoms with van der Waals surface area (Å²) < 4.78 is 0. The standard InChI is InChI=1S/C8H17N3O/c1-8(7(9)10-12)3-5-11(2)6-4-8/h12H,3-6H2,1-2H3,(H2,9,10). The minimum absolute atomic E-state index is 0.0960. The summed E-state index contributed by atoms with van der Waals surface area (Å²) in [6, 6.07) is 0. The first-order valence-electron chi connectivity index (χ1n) is 4.25. The summed E-state index contributed by atoms with van der Waals surface area (Å²) in [5, 5.41) is 11.7. The highest BCUT2D eigenvalue weighted by Crippen LogP contribution is 2.30. The summed E-state index contributed by atoms with van der Waals surface area (Å²) in [6.07, 6.45) is 1.94. The highest BCUT2D eigenvalue weighted by molar-refractivity contribution is 5.85. The molecule has 4 heteroatoms. The SMILES string of the molecule is CN1CCC(C)(C(N)=NO)CC1. The van der Waals surface area contributed by atoms with Crippen LogP contribution in [0.3, 0.4) is 0 Å². The number of nitrogens with zero attached hydrogens (tertiary/aromatic N) is 2. The van der Waals surface area contributed by atoms with Crippen molar-refractivity contribution >= 4 is 5.84 Å². The molecule has 1 rings (SSSR count). The topological polar surface area (TPSA) is 61.8 Å². The van der Waals surface area contributed by atoms with Gasteiger partial charge in [0.2, 0.25) is 0 Å². The number of amidine groups is 1. The number of likely N-dealkylation sites (tertiary alicyclic amines) is 1. The highest BCUT2D eigenvalue weighted by atomic mass is 16.4. The fraction of sp³-hybridized carbons (Fsp3) is 0.875. The van der Waals surface area contributed by atoms with Gasteiger partial charge in [-0.1, -0.05) is 12.1 Å². The van der Waals surface area contributed by atoms with Gasteiger partial charge in [0.05, 0.1) is 0 Å². The fourth-order valence-electron chi connectivity index (χ4n) is 1.49. The van der Waals surface area contributed by atoms with Gasteiger partial charge in [-0.05, 0) is 33.0 Å². The number of oxime groups is 1. The molecule has 0 aromatic heterocycles. The van der Waals surface area contributed by atoms with Crippen molar-refractivity contribution in [2.75, 3.05) is 20.1 Å². The lowest BCUT2D eigenvalue weighted by atomic mass is 9.79. The lowest BCUT2D eigenvalue weighted by Crippen LogP contribution is -2.44. The summed E-state index contributed by atoms with van der Waals surface area (Å²) in [7, 11) is 2.09. The van der Waals surface area contributed by atoms with E-state index in [9.17, 15) is 0 Å². The van der Waals surface area contributed by atoms with E-state index in [1.54, 1.807) is 0 Å². The summed E-state index contributed by atoms with van der Waals surface area (Å²) in [5.74, 6) is 0.371.